The maximum Gasteiger partial charge on any atom is 0.251 e. The highest BCUT2D eigenvalue weighted by Crippen LogP contribution is 2.23. The molecule has 1 aliphatic rings. The smallest absolute Gasteiger partial charge is 0.251 e. The molecule has 0 spiro atoms. The average Bonchev–Trinajstić information content (AvgIpc) is 2.40. The minimum Gasteiger partial charge on any atom is -0.374 e. The Morgan fingerprint density at radius 2 is 2.21 bits per heavy atom. The van der Waals surface area contributed by atoms with Gasteiger partial charge in [-0.1, -0.05) is 0 Å². The highest BCUT2D eigenvalue weighted by molar-refractivity contribution is 9.10. The molecule has 1 N–H and O–H groups in total. The van der Waals surface area contributed by atoms with Crippen molar-refractivity contribution >= 4 is 33.4 Å². The van der Waals surface area contributed by atoms with Crippen LogP contribution in [0.2, 0.25) is 0 Å². The van der Waals surface area contributed by atoms with Crippen LogP contribution in [-0.4, -0.2) is 29.8 Å². The van der Waals surface area contributed by atoms with E-state index in [9.17, 15) is 9.59 Å². The van der Waals surface area contributed by atoms with Crippen LogP contribution in [0, 0.1) is 11.3 Å². The monoisotopic (exact) mass is 321 g/mol. The van der Waals surface area contributed by atoms with E-state index in [4.69, 9.17) is 5.26 Å². The van der Waals surface area contributed by atoms with Gasteiger partial charge < -0.3 is 5.32 Å². The van der Waals surface area contributed by atoms with Crippen molar-refractivity contribution in [1.82, 2.24) is 4.90 Å². The molecule has 1 atom stereocenters. The molecule has 2 amide bonds. The van der Waals surface area contributed by atoms with Gasteiger partial charge in [0.2, 0.25) is 5.91 Å². The van der Waals surface area contributed by atoms with Gasteiger partial charge in [-0.2, -0.15) is 5.26 Å². The molecule has 1 aliphatic heterocycles. The molecular formula is C13H12BrN3O2. The first kappa shape index (κ1) is 13.6. The lowest BCUT2D eigenvalue weighted by molar-refractivity contribution is -0.146. The SMILES string of the molecule is CN1C(=O)CCC(Nc2ccc(C#N)c(Br)c2)C1=O. The molecule has 98 valence electrons. The predicted octanol–water partition coefficient (Wildman–Crippen LogP) is 1.88. The van der Waals surface area contributed by atoms with E-state index >= 15 is 0 Å². The molecule has 1 saturated heterocycles. The minimum atomic E-state index is -0.400. The highest BCUT2D eigenvalue weighted by Gasteiger charge is 2.31. The van der Waals surface area contributed by atoms with Gasteiger partial charge in [0.1, 0.15) is 12.1 Å². The number of benzene rings is 1. The Morgan fingerprint density at radius 1 is 1.47 bits per heavy atom. The van der Waals surface area contributed by atoms with Crippen molar-refractivity contribution in [2.75, 3.05) is 12.4 Å². The zero-order valence-electron chi connectivity index (χ0n) is 10.3. The zero-order chi connectivity index (χ0) is 14.0. The fraction of sp³-hybridized carbons (Fsp3) is 0.308. The van der Waals surface area contributed by atoms with Crippen LogP contribution >= 0.6 is 15.9 Å². The Morgan fingerprint density at radius 3 is 2.84 bits per heavy atom. The summed E-state index contributed by atoms with van der Waals surface area (Å²) in [6.45, 7) is 0. The number of carbonyl (C=O) groups excluding carboxylic acids is 2. The molecule has 1 unspecified atom stereocenters. The lowest BCUT2D eigenvalue weighted by Crippen LogP contribution is -2.48. The van der Waals surface area contributed by atoms with E-state index in [0.717, 1.165) is 10.6 Å². The van der Waals surface area contributed by atoms with Gasteiger partial charge in [-0.15, -0.1) is 0 Å². The molecule has 1 aromatic carbocycles. The third-order valence-corrected chi connectivity index (χ3v) is 3.74. The normalized spacial score (nSPS) is 19.2. The van der Waals surface area contributed by atoms with E-state index in [-0.39, 0.29) is 11.8 Å². The Balaban J connectivity index is 2.14. The van der Waals surface area contributed by atoms with Gasteiger partial charge in [-0.3, -0.25) is 14.5 Å². The largest absolute Gasteiger partial charge is 0.374 e. The number of likely N-dealkylation sites (tertiary alicyclic amines) is 1. The number of imide groups is 1. The van der Waals surface area contributed by atoms with Crippen LogP contribution in [0.4, 0.5) is 5.69 Å². The van der Waals surface area contributed by atoms with E-state index in [2.05, 4.69) is 27.3 Å². The molecule has 19 heavy (non-hydrogen) atoms. The van der Waals surface area contributed by atoms with Crippen LogP contribution in [0.5, 0.6) is 0 Å². The number of halogens is 1. The molecule has 0 bridgehead atoms. The zero-order valence-corrected chi connectivity index (χ0v) is 11.9. The second-order valence-electron chi connectivity index (χ2n) is 4.33. The van der Waals surface area contributed by atoms with E-state index in [1.165, 1.54) is 7.05 Å². The molecule has 6 heteroatoms. The number of likely N-dealkylation sites (N-methyl/N-ethyl adjacent to an activating group) is 1. The van der Waals surface area contributed by atoms with Gasteiger partial charge in [0.05, 0.1) is 5.56 Å². The molecule has 2 rings (SSSR count). The van der Waals surface area contributed by atoms with Gasteiger partial charge in [0.15, 0.2) is 0 Å². The summed E-state index contributed by atoms with van der Waals surface area (Å²) in [7, 11) is 1.49. The van der Waals surface area contributed by atoms with Gasteiger partial charge in [0, 0.05) is 23.6 Å². The summed E-state index contributed by atoms with van der Waals surface area (Å²) in [6.07, 6.45) is 0.844. The molecule has 1 aromatic rings. The van der Waals surface area contributed by atoms with Gasteiger partial charge in [0.25, 0.3) is 5.91 Å². The van der Waals surface area contributed by atoms with Crippen molar-refractivity contribution in [2.45, 2.75) is 18.9 Å². The third kappa shape index (κ3) is 2.76. The van der Waals surface area contributed by atoms with Gasteiger partial charge >= 0.3 is 0 Å². The minimum absolute atomic E-state index is 0.149. The Bertz CT molecular complexity index is 580. The topological polar surface area (TPSA) is 73.2 Å². The Kier molecular flexibility index (Phi) is 3.86. The van der Waals surface area contributed by atoms with Crippen LogP contribution in [0.15, 0.2) is 22.7 Å². The second kappa shape index (κ2) is 5.41. The van der Waals surface area contributed by atoms with E-state index in [1.807, 2.05) is 0 Å². The number of rotatable bonds is 2. The maximum atomic E-state index is 11.9. The van der Waals surface area contributed by atoms with Crippen molar-refractivity contribution in [3.8, 4) is 6.07 Å². The number of carbonyl (C=O) groups is 2. The van der Waals surface area contributed by atoms with Crippen molar-refractivity contribution in [3.63, 3.8) is 0 Å². The van der Waals surface area contributed by atoms with Gasteiger partial charge in [-0.05, 0) is 40.5 Å². The number of piperidine rings is 1. The fourth-order valence-electron chi connectivity index (χ4n) is 1.95. The summed E-state index contributed by atoms with van der Waals surface area (Å²) >= 11 is 3.30. The first-order valence-corrected chi connectivity index (χ1v) is 6.59. The molecular weight excluding hydrogens is 310 g/mol. The van der Waals surface area contributed by atoms with Crippen molar-refractivity contribution in [3.05, 3.63) is 28.2 Å². The molecule has 5 nitrogen and oxygen atoms in total. The van der Waals surface area contributed by atoms with E-state index in [1.54, 1.807) is 18.2 Å². The number of nitrogens with zero attached hydrogens (tertiary/aromatic N) is 2. The Labute approximate surface area is 119 Å². The summed E-state index contributed by atoms with van der Waals surface area (Å²) in [5.74, 6) is -0.374. The highest BCUT2D eigenvalue weighted by atomic mass is 79.9. The number of anilines is 1. The first-order valence-electron chi connectivity index (χ1n) is 5.79. The molecule has 0 saturated carbocycles. The number of nitrogens with one attached hydrogen (secondary N) is 1. The quantitative estimate of drug-likeness (QED) is 0.844. The lowest BCUT2D eigenvalue weighted by Gasteiger charge is -2.28. The number of nitriles is 1. The molecule has 0 radical (unpaired) electrons. The van der Waals surface area contributed by atoms with Crippen LogP contribution in [-0.2, 0) is 9.59 Å². The first-order chi connectivity index (χ1) is 9.02. The number of hydrogen-bond acceptors (Lipinski definition) is 4. The Hall–Kier alpha value is -1.87. The van der Waals surface area contributed by atoms with Crippen LogP contribution in [0.3, 0.4) is 0 Å². The van der Waals surface area contributed by atoms with Gasteiger partial charge in [-0.25, -0.2) is 0 Å². The summed E-state index contributed by atoms with van der Waals surface area (Å²) in [4.78, 5) is 24.5. The van der Waals surface area contributed by atoms with Crippen LogP contribution in [0.1, 0.15) is 18.4 Å². The van der Waals surface area contributed by atoms with Crippen molar-refractivity contribution in [1.29, 1.82) is 5.26 Å². The summed E-state index contributed by atoms with van der Waals surface area (Å²) in [5.41, 5.74) is 1.28. The van der Waals surface area contributed by atoms with Crippen LogP contribution < -0.4 is 5.32 Å². The third-order valence-electron chi connectivity index (χ3n) is 3.08. The summed E-state index contributed by atoms with van der Waals surface area (Å²) < 4.78 is 0.674. The fourth-order valence-corrected chi connectivity index (χ4v) is 2.41. The predicted molar refractivity (Wildman–Crippen MR) is 73.3 cm³/mol. The number of amides is 2. The molecule has 1 heterocycles. The molecule has 0 aromatic heterocycles. The lowest BCUT2D eigenvalue weighted by atomic mass is 10.0. The van der Waals surface area contributed by atoms with Crippen molar-refractivity contribution < 1.29 is 9.59 Å². The van der Waals surface area contributed by atoms with E-state index < -0.39 is 6.04 Å². The van der Waals surface area contributed by atoms with E-state index in [0.29, 0.717) is 22.9 Å². The average molecular weight is 322 g/mol. The second-order valence-corrected chi connectivity index (χ2v) is 5.19. The van der Waals surface area contributed by atoms with Crippen molar-refractivity contribution in [2.24, 2.45) is 0 Å². The van der Waals surface area contributed by atoms with Crippen LogP contribution in [0.25, 0.3) is 0 Å². The summed E-state index contributed by atoms with van der Waals surface area (Å²) in [6, 6.07) is 6.82. The number of hydrogen-bond donors (Lipinski definition) is 1. The molecule has 0 aliphatic carbocycles. The summed E-state index contributed by atoms with van der Waals surface area (Å²) in [5, 5.41) is 11.9. The standard InChI is InChI=1S/C13H12BrN3O2/c1-17-12(18)5-4-11(13(17)19)16-9-3-2-8(7-15)10(14)6-9/h2-3,6,11,16H,4-5H2,1H3. The molecule has 1 fully saturated rings. The maximum absolute atomic E-state index is 11.9.